The topological polar surface area (TPSA) is 27.7 Å². The molecule has 9 rings (SSSR count). The highest BCUT2D eigenvalue weighted by atomic mass is 16.8. The van der Waals surface area contributed by atoms with E-state index in [1.165, 1.54) is 22.3 Å². The summed E-state index contributed by atoms with van der Waals surface area (Å²) in [5.41, 5.74) is 8.00. The molecule has 3 aliphatic rings. The Morgan fingerprint density at radius 1 is 0.467 bits per heavy atom. The van der Waals surface area contributed by atoms with Crippen LogP contribution >= 0.6 is 0 Å². The van der Waals surface area contributed by atoms with Gasteiger partial charge < -0.3 is 9.47 Å². The lowest BCUT2D eigenvalue weighted by Gasteiger charge is -2.57. The molecular formula is C42H32O3. The highest BCUT2D eigenvalue weighted by Crippen LogP contribution is 2.65. The zero-order chi connectivity index (χ0) is 29.8. The van der Waals surface area contributed by atoms with E-state index in [0.717, 1.165) is 28.2 Å². The van der Waals surface area contributed by atoms with Crippen LogP contribution in [0.3, 0.4) is 0 Å². The zero-order valence-corrected chi connectivity index (χ0v) is 24.8. The molecule has 0 fully saturated rings. The van der Waals surface area contributed by atoms with Crippen LogP contribution in [0.4, 0.5) is 0 Å². The van der Waals surface area contributed by atoms with Gasteiger partial charge in [0.2, 0.25) is 11.6 Å². The smallest absolute Gasteiger partial charge is 0.248 e. The molecular weight excluding hydrogens is 552 g/mol. The Labute approximate surface area is 263 Å². The second kappa shape index (κ2) is 10.2. The van der Waals surface area contributed by atoms with Crippen molar-refractivity contribution in [2.24, 2.45) is 0 Å². The lowest BCUT2D eigenvalue weighted by atomic mass is 9.65. The van der Waals surface area contributed by atoms with Gasteiger partial charge in [-0.05, 0) is 28.8 Å². The molecule has 45 heavy (non-hydrogen) atoms. The number of para-hydroxylation sites is 2. The van der Waals surface area contributed by atoms with Crippen molar-refractivity contribution < 1.29 is 14.2 Å². The van der Waals surface area contributed by atoms with Gasteiger partial charge in [-0.25, -0.2) is 0 Å². The molecule has 218 valence electrons. The third-order valence-corrected chi connectivity index (χ3v) is 9.86. The number of hydrogen-bond acceptors (Lipinski definition) is 3. The van der Waals surface area contributed by atoms with Crippen LogP contribution in [0.25, 0.3) is 0 Å². The molecule has 6 aromatic rings. The first kappa shape index (κ1) is 26.3. The van der Waals surface area contributed by atoms with Gasteiger partial charge in [0.1, 0.15) is 11.5 Å². The predicted octanol–water partition coefficient (Wildman–Crippen LogP) is 9.65. The Hall–Kier alpha value is -5.12. The molecule has 0 N–H and O–H groups in total. The fourth-order valence-electron chi connectivity index (χ4n) is 8.01. The monoisotopic (exact) mass is 584 g/mol. The van der Waals surface area contributed by atoms with Crippen molar-refractivity contribution in [3.05, 3.63) is 203 Å². The fraction of sp³-hybridized carbons (Fsp3) is 0.143. The summed E-state index contributed by atoms with van der Waals surface area (Å²) in [6.45, 7) is 0. The van der Waals surface area contributed by atoms with E-state index in [4.69, 9.17) is 14.2 Å². The Balaban J connectivity index is 1.34. The standard InChI is InChI=1S/C42H32O3/c1-4-16-29(17-5-1)35-28-41(43-37-26-14-11-22-32(35)37)36-25-13-10-23-33(36)40-39(30-18-6-2-7-19-30)34-24-12-15-27-38(34)44-42(40,45-41)31-20-8-3-9-21-31/h1-27,35,39-40H,28H2/t35-,39+,40-,41-,42-/m0/s1. The van der Waals surface area contributed by atoms with Crippen LogP contribution in [0.1, 0.15) is 63.1 Å². The van der Waals surface area contributed by atoms with Crippen molar-refractivity contribution in [1.29, 1.82) is 0 Å². The largest absolute Gasteiger partial charge is 0.458 e. The van der Waals surface area contributed by atoms with Crippen LogP contribution in [0.5, 0.6) is 11.5 Å². The average Bonchev–Trinajstić information content (AvgIpc) is 3.11. The number of hydrogen-bond donors (Lipinski definition) is 0. The van der Waals surface area contributed by atoms with Crippen LogP contribution in [-0.4, -0.2) is 0 Å². The maximum atomic E-state index is 7.69. The Bertz CT molecular complexity index is 1990. The molecule has 1 spiro atoms. The van der Waals surface area contributed by atoms with E-state index in [9.17, 15) is 0 Å². The zero-order valence-electron chi connectivity index (χ0n) is 24.8. The molecule has 5 atom stereocenters. The van der Waals surface area contributed by atoms with Gasteiger partial charge in [0.25, 0.3) is 0 Å². The molecule has 0 aromatic heterocycles. The summed E-state index contributed by atoms with van der Waals surface area (Å²) in [5, 5.41) is 0. The van der Waals surface area contributed by atoms with E-state index in [0.29, 0.717) is 6.42 Å². The fourth-order valence-corrected chi connectivity index (χ4v) is 8.01. The summed E-state index contributed by atoms with van der Waals surface area (Å²) in [5.74, 6) is -0.745. The number of rotatable bonds is 3. The lowest BCUT2D eigenvalue weighted by Crippen LogP contribution is -2.59. The minimum absolute atomic E-state index is 0.0179. The molecule has 3 heteroatoms. The highest BCUT2D eigenvalue weighted by Gasteiger charge is 2.64. The molecule has 0 saturated carbocycles. The third kappa shape index (κ3) is 4.01. The Kier molecular flexibility index (Phi) is 5.97. The van der Waals surface area contributed by atoms with Crippen LogP contribution in [0.2, 0.25) is 0 Å². The molecule has 0 aliphatic carbocycles. The first-order valence-corrected chi connectivity index (χ1v) is 15.8. The van der Waals surface area contributed by atoms with Gasteiger partial charge in [-0.3, -0.25) is 4.74 Å². The Morgan fingerprint density at radius 3 is 1.71 bits per heavy atom. The molecule has 3 aliphatic heterocycles. The van der Waals surface area contributed by atoms with Gasteiger partial charge in [0, 0.05) is 40.5 Å². The normalized spacial score (nSPS) is 25.9. The van der Waals surface area contributed by atoms with E-state index in [-0.39, 0.29) is 17.8 Å². The molecule has 3 nitrogen and oxygen atoms in total. The average molecular weight is 585 g/mol. The van der Waals surface area contributed by atoms with Crippen LogP contribution in [0.15, 0.2) is 164 Å². The van der Waals surface area contributed by atoms with Crippen molar-refractivity contribution in [3.63, 3.8) is 0 Å². The summed E-state index contributed by atoms with van der Waals surface area (Å²) in [4.78, 5) is 0. The van der Waals surface area contributed by atoms with Gasteiger partial charge in [0.05, 0.1) is 5.92 Å². The van der Waals surface area contributed by atoms with Gasteiger partial charge in [-0.15, -0.1) is 0 Å². The molecule has 0 amide bonds. The van der Waals surface area contributed by atoms with Crippen molar-refractivity contribution in [3.8, 4) is 11.5 Å². The SMILES string of the molecule is c1ccc([C@@H]2C[C@]3(Oc4ccccc42)O[C@]2(c4ccccc4)Oc4ccccc4[C@@H](c4ccccc4)[C@@H]2c2ccccc23)cc1. The maximum Gasteiger partial charge on any atom is 0.248 e. The predicted molar refractivity (Wildman–Crippen MR) is 175 cm³/mol. The molecule has 3 heterocycles. The van der Waals surface area contributed by atoms with Crippen molar-refractivity contribution in [2.45, 2.75) is 35.7 Å². The molecule has 0 bridgehead atoms. The molecule has 0 radical (unpaired) electrons. The second-order valence-electron chi connectivity index (χ2n) is 12.3. The van der Waals surface area contributed by atoms with Crippen molar-refractivity contribution >= 4 is 0 Å². The van der Waals surface area contributed by atoms with Crippen LogP contribution in [0, 0.1) is 0 Å². The minimum atomic E-state index is -1.17. The van der Waals surface area contributed by atoms with Crippen LogP contribution < -0.4 is 9.47 Å². The van der Waals surface area contributed by atoms with E-state index in [1.54, 1.807) is 0 Å². The molecule has 0 saturated heterocycles. The summed E-state index contributed by atoms with van der Waals surface area (Å²) < 4.78 is 22.1. The van der Waals surface area contributed by atoms with Gasteiger partial charge in [0.15, 0.2) is 0 Å². The second-order valence-corrected chi connectivity index (χ2v) is 12.3. The first-order valence-electron chi connectivity index (χ1n) is 15.8. The van der Waals surface area contributed by atoms with Gasteiger partial charge in [-0.1, -0.05) is 152 Å². The summed E-state index contributed by atoms with van der Waals surface area (Å²) in [6.07, 6.45) is 0.605. The Morgan fingerprint density at radius 2 is 1.00 bits per heavy atom. The van der Waals surface area contributed by atoms with Gasteiger partial charge >= 0.3 is 0 Å². The quantitative estimate of drug-likeness (QED) is 0.207. The van der Waals surface area contributed by atoms with E-state index < -0.39 is 11.6 Å². The molecule has 6 aromatic carbocycles. The first-order chi connectivity index (χ1) is 22.3. The van der Waals surface area contributed by atoms with Crippen molar-refractivity contribution in [1.82, 2.24) is 0 Å². The van der Waals surface area contributed by atoms with Crippen molar-refractivity contribution in [2.75, 3.05) is 0 Å². The number of fused-ring (bicyclic) bond motifs is 6. The lowest BCUT2D eigenvalue weighted by molar-refractivity contribution is -0.355. The van der Waals surface area contributed by atoms with E-state index in [2.05, 4.69) is 146 Å². The summed E-state index contributed by atoms with van der Waals surface area (Å²) in [7, 11) is 0. The van der Waals surface area contributed by atoms with Crippen LogP contribution in [-0.2, 0) is 16.3 Å². The maximum absolute atomic E-state index is 7.69. The van der Waals surface area contributed by atoms with E-state index in [1.807, 2.05) is 18.2 Å². The number of benzene rings is 6. The summed E-state index contributed by atoms with van der Waals surface area (Å²) >= 11 is 0. The molecule has 0 unspecified atom stereocenters. The minimum Gasteiger partial charge on any atom is -0.458 e. The third-order valence-electron chi connectivity index (χ3n) is 9.86. The summed E-state index contributed by atoms with van der Waals surface area (Å²) in [6, 6.07) is 57.5. The highest BCUT2D eigenvalue weighted by molar-refractivity contribution is 5.55. The van der Waals surface area contributed by atoms with Gasteiger partial charge in [-0.2, -0.15) is 0 Å². The van der Waals surface area contributed by atoms with E-state index >= 15 is 0 Å². The number of ether oxygens (including phenoxy) is 3.